The maximum absolute atomic E-state index is 12.1. The van der Waals surface area contributed by atoms with Crippen molar-refractivity contribution in [2.45, 2.75) is 33.4 Å². The fourth-order valence-electron chi connectivity index (χ4n) is 2.31. The predicted molar refractivity (Wildman–Crippen MR) is 87.3 cm³/mol. The second-order valence-corrected chi connectivity index (χ2v) is 5.45. The third-order valence-electron chi connectivity index (χ3n) is 3.31. The fourth-order valence-corrected chi connectivity index (χ4v) is 2.31. The monoisotopic (exact) mass is 282 g/mol. The van der Waals surface area contributed by atoms with E-state index in [4.69, 9.17) is 0 Å². The van der Waals surface area contributed by atoms with Crippen LogP contribution in [0.4, 0.5) is 5.69 Å². The number of nitrogens with one attached hydrogen (secondary N) is 2. The van der Waals surface area contributed by atoms with E-state index in [9.17, 15) is 4.79 Å². The minimum atomic E-state index is -0.269. The molecule has 0 spiro atoms. The highest BCUT2D eigenvalue weighted by Crippen LogP contribution is 2.14. The molecule has 0 aliphatic rings. The summed E-state index contributed by atoms with van der Waals surface area (Å²) in [5, 5.41) is 6.19. The van der Waals surface area contributed by atoms with Gasteiger partial charge in [0.25, 0.3) is 0 Å². The minimum absolute atomic E-state index is 0.00184. The smallest absolute Gasteiger partial charge is 0.242 e. The van der Waals surface area contributed by atoms with Crippen LogP contribution in [0.25, 0.3) is 0 Å². The number of benzene rings is 2. The van der Waals surface area contributed by atoms with Gasteiger partial charge in [-0.15, -0.1) is 0 Å². The van der Waals surface area contributed by atoms with Crippen LogP contribution in [-0.4, -0.2) is 11.9 Å². The molecule has 0 saturated carbocycles. The van der Waals surface area contributed by atoms with Crippen molar-refractivity contribution in [3.63, 3.8) is 0 Å². The van der Waals surface area contributed by atoms with Gasteiger partial charge in [-0.1, -0.05) is 36.4 Å². The summed E-state index contributed by atoms with van der Waals surface area (Å²) >= 11 is 0. The minimum Gasteiger partial charge on any atom is -0.374 e. The Balaban J connectivity index is 1.90. The largest absolute Gasteiger partial charge is 0.374 e. The van der Waals surface area contributed by atoms with E-state index in [0.29, 0.717) is 6.54 Å². The SMILES string of the molecule is Cc1cc(C)cc(NC(C)C(=O)NCc2ccccc2)c1. The lowest BCUT2D eigenvalue weighted by molar-refractivity contribution is -0.121. The van der Waals surface area contributed by atoms with E-state index in [0.717, 1.165) is 11.3 Å². The van der Waals surface area contributed by atoms with Gasteiger partial charge >= 0.3 is 0 Å². The average Bonchev–Trinajstić information content (AvgIpc) is 2.44. The van der Waals surface area contributed by atoms with Crippen LogP contribution < -0.4 is 10.6 Å². The molecule has 0 heterocycles. The van der Waals surface area contributed by atoms with Crippen molar-refractivity contribution in [3.8, 4) is 0 Å². The summed E-state index contributed by atoms with van der Waals surface area (Å²) < 4.78 is 0. The zero-order chi connectivity index (χ0) is 15.2. The van der Waals surface area contributed by atoms with E-state index >= 15 is 0 Å². The van der Waals surface area contributed by atoms with Crippen LogP contribution in [0.1, 0.15) is 23.6 Å². The van der Waals surface area contributed by atoms with Gasteiger partial charge < -0.3 is 10.6 Å². The summed E-state index contributed by atoms with van der Waals surface area (Å²) in [6.45, 7) is 6.53. The molecule has 0 aromatic heterocycles. The molecule has 110 valence electrons. The second kappa shape index (κ2) is 6.93. The van der Waals surface area contributed by atoms with E-state index in [-0.39, 0.29) is 11.9 Å². The molecule has 3 heteroatoms. The van der Waals surface area contributed by atoms with Gasteiger partial charge in [0.1, 0.15) is 6.04 Å². The highest BCUT2D eigenvalue weighted by atomic mass is 16.2. The molecule has 0 radical (unpaired) electrons. The Morgan fingerprint density at radius 1 is 1.05 bits per heavy atom. The molecule has 0 aliphatic carbocycles. The Bertz CT molecular complexity index is 588. The first-order valence-corrected chi connectivity index (χ1v) is 7.21. The molecule has 2 N–H and O–H groups in total. The first kappa shape index (κ1) is 15.1. The van der Waals surface area contributed by atoms with Crippen LogP contribution in [0.3, 0.4) is 0 Å². The summed E-state index contributed by atoms with van der Waals surface area (Å²) in [4.78, 5) is 12.1. The Morgan fingerprint density at radius 3 is 2.29 bits per heavy atom. The van der Waals surface area contributed by atoms with Gasteiger partial charge in [0.15, 0.2) is 0 Å². The number of hydrogen-bond donors (Lipinski definition) is 2. The van der Waals surface area contributed by atoms with Crippen LogP contribution in [0.2, 0.25) is 0 Å². The normalized spacial score (nSPS) is 11.8. The van der Waals surface area contributed by atoms with Gasteiger partial charge in [0.2, 0.25) is 5.91 Å². The molecule has 0 aliphatic heterocycles. The number of aryl methyl sites for hydroxylation is 2. The molecular formula is C18H22N2O. The molecular weight excluding hydrogens is 260 g/mol. The number of amides is 1. The highest BCUT2D eigenvalue weighted by molar-refractivity contribution is 5.84. The molecule has 3 nitrogen and oxygen atoms in total. The van der Waals surface area contributed by atoms with E-state index in [2.05, 4.69) is 30.5 Å². The Hall–Kier alpha value is -2.29. The van der Waals surface area contributed by atoms with Crippen molar-refractivity contribution < 1.29 is 4.79 Å². The number of anilines is 1. The molecule has 21 heavy (non-hydrogen) atoms. The quantitative estimate of drug-likeness (QED) is 0.882. The van der Waals surface area contributed by atoms with Crippen molar-refractivity contribution in [3.05, 3.63) is 65.2 Å². The number of carbonyl (C=O) groups is 1. The Kier molecular flexibility index (Phi) is 4.99. The first-order chi connectivity index (χ1) is 10.0. The maximum atomic E-state index is 12.1. The van der Waals surface area contributed by atoms with Gasteiger partial charge in [-0.2, -0.15) is 0 Å². The van der Waals surface area contributed by atoms with Crippen molar-refractivity contribution in [2.75, 3.05) is 5.32 Å². The topological polar surface area (TPSA) is 41.1 Å². The van der Waals surface area contributed by atoms with Crippen molar-refractivity contribution in [1.29, 1.82) is 0 Å². The summed E-state index contributed by atoms with van der Waals surface area (Å²) in [6, 6.07) is 15.9. The van der Waals surface area contributed by atoms with Gasteiger partial charge in [0.05, 0.1) is 0 Å². The van der Waals surface area contributed by atoms with Crippen molar-refractivity contribution >= 4 is 11.6 Å². The lowest BCUT2D eigenvalue weighted by Gasteiger charge is -2.16. The third kappa shape index (κ3) is 4.63. The summed E-state index contributed by atoms with van der Waals surface area (Å²) in [5.74, 6) is -0.00184. The third-order valence-corrected chi connectivity index (χ3v) is 3.31. The fraction of sp³-hybridized carbons (Fsp3) is 0.278. The van der Waals surface area contributed by atoms with Crippen molar-refractivity contribution in [2.24, 2.45) is 0 Å². The Morgan fingerprint density at radius 2 is 1.67 bits per heavy atom. The highest BCUT2D eigenvalue weighted by Gasteiger charge is 2.12. The molecule has 0 fully saturated rings. The standard InChI is InChI=1S/C18H22N2O/c1-13-9-14(2)11-17(10-13)20-15(3)18(21)19-12-16-7-5-4-6-8-16/h4-11,15,20H,12H2,1-3H3,(H,19,21). The van der Waals surface area contributed by atoms with Crippen molar-refractivity contribution in [1.82, 2.24) is 5.32 Å². The van der Waals surface area contributed by atoms with Gasteiger partial charge in [0, 0.05) is 12.2 Å². The van der Waals surface area contributed by atoms with E-state index in [1.165, 1.54) is 11.1 Å². The van der Waals surface area contributed by atoms with Crippen LogP contribution in [-0.2, 0) is 11.3 Å². The van der Waals surface area contributed by atoms with Crippen LogP contribution >= 0.6 is 0 Å². The van der Waals surface area contributed by atoms with Gasteiger partial charge in [-0.3, -0.25) is 4.79 Å². The molecule has 1 unspecified atom stereocenters. The maximum Gasteiger partial charge on any atom is 0.242 e. The number of rotatable bonds is 5. The van der Waals surface area contributed by atoms with E-state index in [1.54, 1.807) is 0 Å². The molecule has 2 aromatic carbocycles. The molecule has 0 saturated heterocycles. The van der Waals surface area contributed by atoms with Crippen LogP contribution in [0.15, 0.2) is 48.5 Å². The zero-order valence-electron chi connectivity index (χ0n) is 12.8. The average molecular weight is 282 g/mol. The Labute approximate surface area is 126 Å². The summed E-state index contributed by atoms with van der Waals surface area (Å²) in [5.41, 5.74) is 4.46. The molecule has 1 amide bonds. The molecule has 0 bridgehead atoms. The lowest BCUT2D eigenvalue weighted by Crippen LogP contribution is -2.37. The first-order valence-electron chi connectivity index (χ1n) is 7.21. The van der Waals surface area contributed by atoms with E-state index < -0.39 is 0 Å². The van der Waals surface area contributed by atoms with Crippen LogP contribution in [0, 0.1) is 13.8 Å². The predicted octanol–water partition coefficient (Wildman–Crippen LogP) is 3.42. The van der Waals surface area contributed by atoms with Gasteiger partial charge in [-0.05, 0) is 49.6 Å². The second-order valence-electron chi connectivity index (χ2n) is 5.45. The molecule has 2 aromatic rings. The molecule has 2 rings (SSSR count). The van der Waals surface area contributed by atoms with E-state index in [1.807, 2.05) is 49.4 Å². The number of hydrogen-bond acceptors (Lipinski definition) is 2. The summed E-state index contributed by atoms with van der Waals surface area (Å²) in [6.07, 6.45) is 0. The zero-order valence-corrected chi connectivity index (χ0v) is 12.8. The summed E-state index contributed by atoms with van der Waals surface area (Å²) in [7, 11) is 0. The van der Waals surface area contributed by atoms with Gasteiger partial charge in [-0.25, -0.2) is 0 Å². The van der Waals surface area contributed by atoms with Crippen LogP contribution in [0.5, 0.6) is 0 Å². The molecule has 1 atom stereocenters. The number of carbonyl (C=O) groups excluding carboxylic acids is 1. The lowest BCUT2D eigenvalue weighted by atomic mass is 10.1.